The van der Waals surface area contributed by atoms with Crippen LogP contribution in [0.25, 0.3) is 43.8 Å². The highest BCUT2D eigenvalue weighted by atomic mass is 19.4. The Morgan fingerprint density at radius 3 is 0.893 bits per heavy atom. The molecule has 0 atom stereocenters. The van der Waals surface area contributed by atoms with Crippen LogP contribution in [0.3, 0.4) is 0 Å². The zero-order valence-electron chi connectivity index (χ0n) is 30.2. The molecule has 0 saturated carbocycles. The maximum atomic E-state index is 13.5. The summed E-state index contributed by atoms with van der Waals surface area (Å²) in [5, 5.41) is 4.82. The summed E-state index contributed by atoms with van der Waals surface area (Å²) in [6.45, 7) is 0. The fourth-order valence-electron chi connectivity index (χ4n) is 7.73. The van der Waals surface area contributed by atoms with E-state index in [0.29, 0.717) is 5.69 Å². The third-order valence-corrected chi connectivity index (χ3v) is 10.3. The van der Waals surface area contributed by atoms with Gasteiger partial charge in [-0.3, -0.25) is 0 Å². The number of nitrogens with zero attached hydrogens (tertiary/aromatic N) is 2. The van der Waals surface area contributed by atoms with Crippen LogP contribution in [0, 0.1) is 0 Å². The van der Waals surface area contributed by atoms with Gasteiger partial charge in [-0.25, -0.2) is 0 Å². The van der Waals surface area contributed by atoms with Crippen LogP contribution in [0.4, 0.5) is 47.3 Å². The number of anilines is 6. The molecule has 0 aliphatic rings. The minimum Gasteiger partial charge on any atom is -0.311 e. The van der Waals surface area contributed by atoms with Crippen LogP contribution >= 0.6 is 0 Å². The predicted molar refractivity (Wildman–Crippen MR) is 227 cm³/mol. The van der Waals surface area contributed by atoms with E-state index in [2.05, 4.69) is 132 Å². The van der Waals surface area contributed by atoms with Gasteiger partial charge in [-0.15, -0.1) is 0 Å². The SMILES string of the molecule is FC(F)(F)c1ccc(N(c2ccccc2)c2ccc(N(c3ccccc3)c3ccc(-c4c5ccccc5c(-c5ccccc5)c5ccccc45)cc3)cc2)cc1. The second kappa shape index (κ2) is 14.6. The zero-order chi connectivity index (χ0) is 38.1. The molecule has 0 N–H and O–H groups in total. The molecular formula is C51H35F3N2. The molecule has 0 aliphatic heterocycles. The third kappa shape index (κ3) is 6.54. The van der Waals surface area contributed by atoms with E-state index in [0.717, 1.165) is 46.1 Å². The standard InChI is InChI=1S/C51H35F3N2/c52-51(53,54)38-26-30-42(31-27-38)56(40-18-8-3-9-19-40)44-34-32-43(33-35-44)55(39-16-6-2-7-17-39)41-28-24-37(25-29-41)50-47-22-12-10-20-45(47)49(36-14-4-1-5-15-36)46-21-11-13-23-48(46)50/h1-35H. The normalized spacial score (nSPS) is 11.5. The molecule has 0 aliphatic carbocycles. The lowest BCUT2D eigenvalue weighted by molar-refractivity contribution is -0.137. The third-order valence-electron chi connectivity index (χ3n) is 10.3. The molecule has 0 amide bonds. The molecule has 0 spiro atoms. The Labute approximate surface area is 324 Å². The summed E-state index contributed by atoms with van der Waals surface area (Å²) in [7, 11) is 0. The maximum Gasteiger partial charge on any atom is 0.416 e. The van der Waals surface area contributed by atoms with E-state index in [-0.39, 0.29) is 0 Å². The van der Waals surface area contributed by atoms with Gasteiger partial charge < -0.3 is 9.80 Å². The van der Waals surface area contributed by atoms with Gasteiger partial charge in [0, 0.05) is 34.1 Å². The number of para-hydroxylation sites is 2. The smallest absolute Gasteiger partial charge is 0.311 e. The molecule has 0 saturated heterocycles. The summed E-state index contributed by atoms with van der Waals surface area (Å²) in [5.41, 5.74) is 9.29. The molecule has 0 fully saturated rings. The molecule has 0 aromatic heterocycles. The Balaban J connectivity index is 1.12. The number of rotatable bonds is 8. The molecule has 9 rings (SSSR count). The van der Waals surface area contributed by atoms with Crippen molar-refractivity contribution in [2.24, 2.45) is 0 Å². The Kier molecular flexibility index (Phi) is 9.04. The topological polar surface area (TPSA) is 6.48 Å². The first-order valence-corrected chi connectivity index (χ1v) is 18.5. The number of fused-ring (bicyclic) bond motifs is 2. The van der Waals surface area contributed by atoms with Crippen LogP contribution in [0.1, 0.15) is 5.56 Å². The van der Waals surface area contributed by atoms with Gasteiger partial charge in [0.15, 0.2) is 0 Å². The molecule has 56 heavy (non-hydrogen) atoms. The van der Waals surface area contributed by atoms with Crippen LogP contribution in [-0.4, -0.2) is 0 Å². The van der Waals surface area contributed by atoms with Crippen molar-refractivity contribution >= 4 is 55.7 Å². The first-order valence-electron chi connectivity index (χ1n) is 18.5. The zero-order valence-corrected chi connectivity index (χ0v) is 30.2. The number of alkyl halides is 3. The van der Waals surface area contributed by atoms with Crippen molar-refractivity contribution in [2.75, 3.05) is 9.80 Å². The highest BCUT2D eigenvalue weighted by Gasteiger charge is 2.30. The molecule has 0 heterocycles. The number of halogens is 3. The van der Waals surface area contributed by atoms with Gasteiger partial charge in [0.1, 0.15) is 0 Å². The van der Waals surface area contributed by atoms with Gasteiger partial charge in [0.05, 0.1) is 5.56 Å². The van der Waals surface area contributed by atoms with Gasteiger partial charge in [0.2, 0.25) is 0 Å². The van der Waals surface area contributed by atoms with Crippen LogP contribution in [-0.2, 0) is 6.18 Å². The average molecular weight is 733 g/mol. The molecule has 0 radical (unpaired) electrons. The molecular weight excluding hydrogens is 698 g/mol. The van der Waals surface area contributed by atoms with Gasteiger partial charge in [-0.2, -0.15) is 13.2 Å². The molecule has 9 aromatic carbocycles. The van der Waals surface area contributed by atoms with Gasteiger partial charge in [-0.05, 0) is 129 Å². The van der Waals surface area contributed by atoms with Gasteiger partial charge in [0.25, 0.3) is 0 Å². The molecule has 5 heteroatoms. The van der Waals surface area contributed by atoms with E-state index >= 15 is 0 Å². The lowest BCUT2D eigenvalue weighted by Gasteiger charge is -2.28. The minimum absolute atomic E-state index is 0.629. The van der Waals surface area contributed by atoms with Crippen LogP contribution in [0.5, 0.6) is 0 Å². The fourth-order valence-corrected chi connectivity index (χ4v) is 7.73. The van der Waals surface area contributed by atoms with Crippen LogP contribution in [0.2, 0.25) is 0 Å². The first-order chi connectivity index (χ1) is 27.4. The Hall–Kier alpha value is -7.11. The van der Waals surface area contributed by atoms with E-state index in [4.69, 9.17) is 0 Å². The van der Waals surface area contributed by atoms with Crippen molar-refractivity contribution in [3.05, 3.63) is 218 Å². The lowest BCUT2D eigenvalue weighted by Crippen LogP contribution is -2.12. The summed E-state index contributed by atoms with van der Waals surface area (Å²) in [5.74, 6) is 0. The summed E-state index contributed by atoms with van der Waals surface area (Å²) < 4.78 is 40.4. The summed E-state index contributed by atoms with van der Waals surface area (Å²) >= 11 is 0. The van der Waals surface area contributed by atoms with Crippen molar-refractivity contribution in [2.45, 2.75) is 6.18 Å². The quantitative estimate of drug-likeness (QED) is 0.144. The Morgan fingerprint density at radius 2 is 0.536 bits per heavy atom. The van der Waals surface area contributed by atoms with E-state index in [1.807, 2.05) is 65.6 Å². The van der Waals surface area contributed by atoms with Crippen molar-refractivity contribution in [3.63, 3.8) is 0 Å². The first kappa shape index (κ1) is 34.6. The largest absolute Gasteiger partial charge is 0.416 e. The summed E-state index contributed by atoms with van der Waals surface area (Å²) in [4.78, 5) is 4.18. The second-order valence-corrected chi connectivity index (χ2v) is 13.7. The number of hydrogen-bond donors (Lipinski definition) is 0. The molecule has 9 aromatic rings. The van der Waals surface area contributed by atoms with Crippen LogP contribution in [0.15, 0.2) is 212 Å². The Bertz CT molecular complexity index is 2690. The fraction of sp³-hybridized carbons (Fsp3) is 0.0196. The number of hydrogen-bond acceptors (Lipinski definition) is 2. The summed E-state index contributed by atoms with van der Waals surface area (Å²) in [6, 6.07) is 70.0. The van der Waals surface area contributed by atoms with E-state index in [1.54, 1.807) is 0 Å². The monoisotopic (exact) mass is 732 g/mol. The highest BCUT2D eigenvalue weighted by molar-refractivity contribution is 6.21. The molecule has 0 bridgehead atoms. The summed E-state index contributed by atoms with van der Waals surface area (Å²) in [6.07, 6.45) is -4.41. The van der Waals surface area contributed by atoms with Gasteiger partial charge >= 0.3 is 6.18 Å². The van der Waals surface area contributed by atoms with Crippen LogP contribution < -0.4 is 9.80 Å². The van der Waals surface area contributed by atoms with E-state index < -0.39 is 11.7 Å². The molecule has 2 nitrogen and oxygen atoms in total. The average Bonchev–Trinajstić information content (AvgIpc) is 3.25. The number of benzene rings is 9. The van der Waals surface area contributed by atoms with Crippen molar-refractivity contribution in [1.29, 1.82) is 0 Å². The van der Waals surface area contributed by atoms with E-state index in [9.17, 15) is 13.2 Å². The van der Waals surface area contributed by atoms with E-state index in [1.165, 1.54) is 50.4 Å². The highest BCUT2D eigenvalue weighted by Crippen LogP contribution is 2.45. The molecule has 0 unspecified atom stereocenters. The Morgan fingerprint density at radius 1 is 0.268 bits per heavy atom. The van der Waals surface area contributed by atoms with Gasteiger partial charge in [-0.1, -0.05) is 127 Å². The van der Waals surface area contributed by atoms with Crippen molar-refractivity contribution < 1.29 is 13.2 Å². The van der Waals surface area contributed by atoms with Crippen molar-refractivity contribution in [3.8, 4) is 22.3 Å². The second-order valence-electron chi connectivity index (χ2n) is 13.7. The molecule has 270 valence electrons. The minimum atomic E-state index is -4.41. The van der Waals surface area contributed by atoms with Crippen molar-refractivity contribution in [1.82, 2.24) is 0 Å². The maximum absolute atomic E-state index is 13.5. The predicted octanol–water partition coefficient (Wildman–Crippen LogP) is 15.3. The lowest BCUT2D eigenvalue weighted by atomic mass is 9.86.